The van der Waals surface area contributed by atoms with Gasteiger partial charge in [0.1, 0.15) is 31.0 Å². The number of esters is 1. The number of alkyl halides is 3. The first-order chi connectivity index (χ1) is 17.8. The molecule has 0 aliphatic carbocycles. The van der Waals surface area contributed by atoms with Crippen molar-refractivity contribution in [2.24, 2.45) is 0 Å². The van der Waals surface area contributed by atoms with Crippen LogP contribution in [0.15, 0.2) is 78.6 Å². The largest absolute Gasteiger partial charge is 0.489 e. The predicted molar refractivity (Wildman–Crippen MR) is 129 cm³/mol. The Morgan fingerprint density at radius 1 is 1.05 bits per heavy atom. The number of hydrogen-bond acceptors (Lipinski definition) is 6. The van der Waals surface area contributed by atoms with Crippen LogP contribution in [0.1, 0.15) is 29.0 Å². The Balaban J connectivity index is 1.32. The summed E-state index contributed by atoms with van der Waals surface area (Å²) in [6, 6.07) is 17.8. The topological polar surface area (TPSA) is 66.0 Å². The third-order valence-electron chi connectivity index (χ3n) is 6.48. The normalized spacial score (nSPS) is 18.4. The molecule has 3 aromatic carbocycles. The van der Waals surface area contributed by atoms with E-state index >= 15 is 0 Å². The van der Waals surface area contributed by atoms with Crippen molar-refractivity contribution >= 4 is 5.97 Å². The highest BCUT2D eigenvalue weighted by atomic mass is 19.4. The van der Waals surface area contributed by atoms with Crippen molar-refractivity contribution in [3.8, 4) is 22.6 Å². The average Bonchev–Trinajstić information content (AvgIpc) is 3.32. The van der Waals surface area contributed by atoms with Gasteiger partial charge in [-0.15, -0.1) is 5.48 Å². The van der Waals surface area contributed by atoms with Crippen LogP contribution in [0.4, 0.5) is 13.2 Å². The monoisotopic (exact) mass is 511 g/mol. The number of carbonyl (C=O) groups is 1. The maximum atomic E-state index is 12.9. The quantitative estimate of drug-likeness (QED) is 0.424. The van der Waals surface area contributed by atoms with Crippen LogP contribution in [0.3, 0.4) is 0 Å². The molecular formula is C28H24F3NO5. The molecule has 2 heterocycles. The molecule has 37 heavy (non-hydrogen) atoms. The highest BCUT2D eigenvalue weighted by Gasteiger charge is 2.37. The molecule has 0 bridgehead atoms. The van der Waals surface area contributed by atoms with E-state index in [4.69, 9.17) is 19.0 Å². The summed E-state index contributed by atoms with van der Waals surface area (Å²) in [5, 5.41) is 0. The lowest BCUT2D eigenvalue weighted by atomic mass is 9.86. The predicted octanol–water partition coefficient (Wildman–Crippen LogP) is 5.78. The second kappa shape index (κ2) is 10.2. The first-order valence-corrected chi connectivity index (χ1v) is 11.6. The first kappa shape index (κ1) is 24.7. The lowest BCUT2D eigenvalue weighted by molar-refractivity contribution is -0.141. The van der Waals surface area contributed by atoms with Crippen LogP contribution in [0.25, 0.3) is 11.1 Å². The zero-order valence-electron chi connectivity index (χ0n) is 19.9. The molecule has 0 radical (unpaired) electrons. The van der Waals surface area contributed by atoms with Gasteiger partial charge in [0.2, 0.25) is 0 Å². The van der Waals surface area contributed by atoms with E-state index in [9.17, 15) is 18.0 Å². The Morgan fingerprint density at radius 3 is 2.62 bits per heavy atom. The van der Waals surface area contributed by atoms with E-state index in [0.717, 1.165) is 34.4 Å². The smallest absolute Gasteiger partial charge is 0.416 e. The van der Waals surface area contributed by atoms with Crippen molar-refractivity contribution in [3.63, 3.8) is 0 Å². The number of fused-ring (bicyclic) bond motifs is 2. The molecule has 2 aliphatic heterocycles. The molecule has 0 saturated carbocycles. The number of halogens is 3. The molecule has 3 aromatic rings. The molecule has 0 fully saturated rings. The summed E-state index contributed by atoms with van der Waals surface area (Å²) in [5.74, 6) is 0.620. The molecular weight excluding hydrogens is 487 g/mol. The van der Waals surface area contributed by atoms with Crippen LogP contribution in [0, 0.1) is 0 Å². The van der Waals surface area contributed by atoms with E-state index in [-0.39, 0.29) is 31.0 Å². The summed E-state index contributed by atoms with van der Waals surface area (Å²) in [5.41, 5.74) is 6.33. The van der Waals surface area contributed by atoms with E-state index < -0.39 is 11.7 Å². The molecule has 9 heteroatoms. The third-order valence-corrected chi connectivity index (χ3v) is 6.48. The van der Waals surface area contributed by atoms with Crippen LogP contribution >= 0.6 is 0 Å². The van der Waals surface area contributed by atoms with Crippen molar-refractivity contribution in [1.29, 1.82) is 0 Å². The van der Waals surface area contributed by atoms with Crippen LogP contribution in [-0.4, -0.2) is 25.7 Å². The molecule has 1 N–H and O–H groups in total. The summed E-state index contributed by atoms with van der Waals surface area (Å²) < 4.78 is 55.5. The maximum Gasteiger partial charge on any atom is 0.416 e. The summed E-state index contributed by atoms with van der Waals surface area (Å²) in [7, 11) is 1.36. The number of benzene rings is 3. The molecule has 0 spiro atoms. The molecule has 2 unspecified atom stereocenters. The summed E-state index contributed by atoms with van der Waals surface area (Å²) in [6.45, 7) is 0.559. The molecule has 2 atom stereocenters. The maximum absolute atomic E-state index is 12.9. The van der Waals surface area contributed by atoms with E-state index in [1.807, 2.05) is 36.4 Å². The highest BCUT2D eigenvalue weighted by molar-refractivity contribution is 5.71. The fourth-order valence-corrected chi connectivity index (χ4v) is 4.52. The van der Waals surface area contributed by atoms with E-state index in [1.54, 1.807) is 12.3 Å². The number of methoxy groups -OCH3 is 1. The Kier molecular flexibility index (Phi) is 6.80. The fraction of sp³-hybridized carbons (Fsp3) is 0.250. The van der Waals surface area contributed by atoms with Gasteiger partial charge in [-0.25, -0.2) is 0 Å². The summed E-state index contributed by atoms with van der Waals surface area (Å²) >= 11 is 0. The van der Waals surface area contributed by atoms with Crippen LogP contribution in [-0.2, 0) is 27.2 Å². The second-order valence-electron chi connectivity index (χ2n) is 8.85. The zero-order valence-corrected chi connectivity index (χ0v) is 19.9. The number of nitrogens with one attached hydrogen (secondary N) is 1. The SMILES string of the molecule is COC(=O)CC1c2ccc(OCc3cccc(-c4ccc(C(F)(F)F)cc4)c3)cc2OCC2=CONC21. The minimum absolute atomic E-state index is 0.155. The van der Waals surface area contributed by atoms with Crippen molar-refractivity contribution in [2.75, 3.05) is 13.7 Å². The second-order valence-corrected chi connectivity index (χ2v) is 8.85. The van der Waals surface area contributed by atoms with E-state index in [1.165, 1.54) is 19.2 Å². The van der Waals surface area contributed by atoms with Crippen molar-refractivity contribution in [2.45, 2.75) is 31.2 Å². The number of ether oxygens (including phenoxy) is 3. The zero-order chi connectivity index (χ0) is 26.0. The van der Waals surface area contributed by atoms with Crippen molar-refractivity contribution in [1.82, 2.24) is 5.48 Å². The van der Waals surface area contributed by atoms with Gasteiger partial charge in [-0.1, -0.05) is 36.4 Å². The Bertz CT molecular complexity index is 1320. The summed E-state index contributed by atoms with van der Waals surface area (Å²) in [6.07, 6.45) is -2.62. The number of rotatable bonds is 6. The minimum atomic E-state index is -4.37. The molecule has 0 aromatic heterocycles. The Hall–Kier alpha value is -3.98. The lowest BCUT2D eigenvalue weighted by Gasteiger charge is -2.22. The van der Waals surface area contributed by atoms with Gasteiger partial charge in [-0.05, 0) is 41.0 Å². The van der Waals surface area contributed by atoms with E-state index in [2.05, 4.69) is 5.48 Å². The molecule has 192 valence electrons. The highest BCUT2D eigenvalue weighted by Crippen LogP contribution is 2.41. The summed E-state index contributed by atoms with van der Waals surface area (Å²) in [4.78, 5) is 17.3. The van der Waals surface area contributed by atoms with Gasteiger partial charge >= 0.3 is 12.1 Å². The third kappa shape index (κ3) is 5.41. The van der Waals surface area contributed by atoms with Crippen LogP contribution in [0.5, 0.6) is 11.5 Å². The van der Waals surface area contributed by atoms with Crippen molar-refractivity contribution < 1.29 is 37.0 Å². The van der Waals surface area contributed by atoms with Gasteiger partial charge in [-0.2, -0.15) is 13.2 Å². The fourth-order valence-electron chi connectivity index (χ4n) is 4.52. The molecule has 2 aliphatic rings. The molecule has 5 rings (SSSR count). The van der Waals surface area contributed by atoms with Gasteiger partial charge in [-0.3, -0.25) is 4.79 Å². The minimum Gasteiger partial charge on any atom is -0.489 e. The lowest BCUT2D eigenvalue weighted by Crippen LogP contribution is -2.32. The number of hydroxylamine groups is 1. The van der Waals surface area contributed by atoms with Gasteiger partial charge in [0.05, 0.1) is 25.1 Å². The Labute approximate surface area is 211 Å². The van der Waals surface area contributed by atoms with Crippen LogP contribution in [0.2, 0.25) is 0 Å². The van der Waals surface area contributed by atoms with Crippen molar-refractivity contribution in [3.05, 3.63) is 95.3 Å². The standard InChI is InChI=1S/C28H24F3NO5/c1-34-26(33)13-24-23-10-9-22(12-25(23)36-15-20-16-37-32-27(20)24)35-14-17-3-2-4-19(11-17)18-5-7-21(8-6-18)28(29,30)31/h2-12,16,24,27,32H,13-15H2,1H3. The Morgan fingerprint density at radius 2 is 1.86 bits per heavy atom. The van der Waals surface area contributed by atoms with Gasteiger partial charge < -0.3 is 19.0 Å². The van der Waals surface area contributed by atoms with Gasteiger partial charge in [0, 0.05) is 23.1 Å². The van der Waals surface area contributed by atoms with Crippen LogP contribution < -0.4 is 15.0 Å². The molecule has 0 amide bonds. The first-order valence-electron chi connectivity index (χ1n) is 11.6. The molecule has 6 nitrogen and oxygen atoms in total. The van der Waals surface area contributed by atoms with E-state index in [0.29, 0.717) is 23.7 Å². The molecule has 0 saturated heterocycles. The van der Waals surface area contributed by atoms with Gasteiger partial charge in [0.15, 0.2) is 0 Å². The average molecular weight is 511 g/mol. The number of carbonyl (C=O) groups excluding carboxylic acids is 1. The number of hydrogen-bond donors (Lipinski definition) is 1. The van der Waals surface area contributed by atoms with Gasteiger partial charge in [0.25, 0.3) is 0 Å².